The third-order valence-corrected chi connectivity index (χ3v) is 5.34. The number of nitrogens with one attached hydrogen (secondary N) is 1. The highest BCUT2D eigenvalue weighted by Crippen LogP contribution is 2.32. The van der Waals surface area contributed by atoms with Crippen molar-refractivity contribution < 1.29 is 0 Å². The normalized spacial score (nSPS) is 11.8. The van der Waals surface area contributed by atoms with Gasteiger partial charge in [0.2, 0.25) is 0 Å². The van der Waals surface area contributed by atoms with Gasteiger partial charge in [0.1, 0.15) is 5.82 Å². The molecule has 3 rings (SSSR count). The topological polar surface area (TPSA) is 41.0 Å². The van der Waals surface area contributed by atoms with Gasteiger partial charge in [-0.15, -0.1) is 11.3 Å². The van der Waals surface area contributed by atoms with Gasteiger partial charge in [-0.25, -0.2) is 9.97 Å². The molecule has 132 valence electrons. The Bertz CT molecular complexity index is 817. The zero-order chi connectivity index (χ0) is 17.8. The van der Waals surface area contributed by atoms with Gasteiger partial charge in [0.05, 0.1) is 0 Å². The number of aromatic nitrogens is 2. The van der Waals surface area contributed by atoms with Crippen molar-refractivity contribution in [3.8, 4) is 11.4 Å². The SMILES string of the molecule is CC(C)N(CCNc1ccnc(-c2csc3ccccc23)n1)C(C)C. The molecule has 25 heavy (non-hydrogen) atoms. The van der Waals surface area contributed by atoms with Crippen molar-refractivity contribution in [1.82, 2.24) is 14.9 Å². The van der Waals surface area contributed by atoms with Crippen LogP contribution in [0.15, 0.2) is 41.9 Å². The summed E-state index contributed by atoms with van der Waals surface area (Å²) in [7, 11) is 0. The van der Waals surface area contributed by atoms with E-state index in [1.807, 2.05) is 12.3 Å². The van der Waals surface area contributed by atoms with Crippen molar-refractivity contribution in [3.63, 3.8) is 0 Å². The Morgan fingerprint density at radius 3 is 2.60 bits per heavy atom. The molecule has 0 aliphatic carbocycles. The maximum Gasteiger partial charge on any atom is 0.162 e. The van der Waals surface area contributed by atoms with Gasteiger partial charge in [0.15, 0.2) is 5.82 Å². The minimum absolute atomic E-state index is 0.542. The molecule has 1 aromatic carbocycles. The molecule has 0 unspecified atom stereocenters. The Labute approximate surface area is 153 Å². The van der Waals surface area contributed by atoms with Gasteiger partial charge in [0.25, 0.3) is 0 Å². The molecule has 2 heterocycles. The average molecular weight is 355 g/mol. The number of fused-ring (bicyclic) bond motifs is 1. The van der Waals surface area contributed by atoms with Crippen molar-refractivity contribution in [2.75, 3.05) is 18.4 Å². The Kier molecular flexibility index (Phi) is 5.66. The first-order valence-corrected chi connectivity index (χ1v) is 9.73. The molecule has 0 aliphatic heterocycles. The molecule has 0 amide bonds. The van der Waals surface area contributed by atoms with Crippen LogP contribution in [0.5, 0.6) is 0 Å². The van der Waals surface area contributed by atoms with Crippen LogP contribution in [-0.4, -0.2) is 40.0 Å². The van der Waals surface area contributed by atoms with Crippen LogP contribution in [0.1, 0.15) is 27.7 Å². The molecule has 1 N–H and O–H groups in total. The number of thiophene rings is 1. The molecule has 2 aromatic heterocycles. The first kappa shape index (κ1) is 17.8. The number of anilines is 1. The molecule has 0 bridgehead atoms. The Hall–Kier alpha value is -1.98. The highest BCUT2D eigenvalue weighted by atomic mass is 32.1. The van der Waals surface area contributed by atoms with Crippen LogP contribution in [0.4, 0.5) is 5.82 Å². The fourth-order valence-electron chi connectivity index (χ4n) is 3.16. The molecule has 0 saturated heterocycles. The van der Waals surface area contributed by atoms with E-state index in [1.54, 1.807) is 11.3 Å². The van der Waals surface area contributed by atoms with Crippen LogP contribution in [0.2, 0.25) is 0 Å². The molecule has 0 saturated carbocycles. The number of hydrogen-bond acceptors (Lipinski definition) is 5. The summed E-state index contributed by atoms with van der Waals surface area (Å²) in [5.74, 6) is 1.67. The number of benzene rings is 1. The number of hydrogen-bond donors (Lipinski definition) is 1. The lowest BCUT2D eigenvalue weighted by atomic mass is 10.1. The van der Waals surface area contributed by atoms with Crippen LogP contribution >= 0.6 is 11.3 Å². The van der Waals surface area contributed by atoms with E-state index in [1.165, 1.54) is 10.1 Å². The fourth-order valence-corrected chi connectivity index (χ4v) is 4.10. The van der Waals surface area contributed by atoms with Gasteiger partial charge >= 0.3 is 0 Å². The average Bonchev–Trinajstić information content (AvgIpc) is 3.02. The van der Waals surface area contributed by atoms with Crippen LogP contribution in [-0.2, 0) is 0 Å². The molecule has 0 aliphatic rings. The maximum atomic E-state index is 4.72. The van der Waals surface area contributed by atoms with Gasteiger partial charge in [-0.3, -0.25) is 4.90 Å². The summed E-state index contributed by atoms with van der Waals surface area (Å²) in [6.45, 7) is 10.8. The standard InChI is InChI=1S/C20H26N4S/c1-14(2)24(15(3)4)12-11-21-19-9-10-22-20(23-19)17-13-25-18-8-6-5-7-16(17)18/h5-10,13-15H,11-12H2,1-4H3,(H,21,22,23). The van der Waals surface area contributed by atoms with E-state index in [2.05, 4.69) is 72.5 Å². The van der Waals surface area contributed by atoms with Gasteiger partial charge in [-0.1, -0.05) is 18.2 Å². The second kappa shape index (κ2) is 7.93. The minimum atomic E-state index is 0.542. The molecule has 3 aromatic rings. The molecule has 4 nitrogen and oxygen atoms in total. The van der Waals surface area contributed by atoms with Crippen molar-refractivity contribution in [3.05, 3.63) is 41.9 Å². The van der Waals surface area contributed by atoms with E-state index in [0.717, 1.165) is 30.3 Å². The first-order valence-electron chi connectivity index (χ1n) is 8.85. The Morgan fingerprint density at radius 1 is 1.08 bits per heavy atom. The van der Waals surface area contributed by atoms with Crippen LogP contribution in [0.3, 0.4) is 0 Å². The summed E-state index contributed by atoms with van der Waals surface area (Å²) in [5.41, 5.74) is 1.11. The third kappa shape index (κ3) is 4.17. The molecular formula is C20H26N4S. The van der Waals surface area contributed by atoms with E-state index < -0.39 is 0 Å². The van der Waals surface area contributed by atoms with E-state index in [0.29, 0.717) is 12.1 Å². The molecule has 0 radical (unpaired) electrons. The van der Waals surface area contributed by atoms with Gasteiger partial charge in [-0.2, -0.15) is 0 Å². The summed E-state index contributed by atoms with van der Waals surface area (Å²) in [6, 6.07) is 11.4. The van der Waals surface area contributed by atoms with Crippen molar-refractivity contribution in [1.29, 1.82) is 0 Å². The first-order chi connectivity index (χ1) is 12.1. The van der Waals surface area contributed by atoms with E-state index >= 15 is 0 Å². The lowest BCUT2D eigenvalue weighted by Crippen LogP contribution is -2.40. The lowest BCUT2D eigenvalue weighted by Gasteiger charge is -2.30. The van der Waals surface area contributed by atoms with E-state index in [9.17, 15) is 0 Å². The highest BCUT2D eigenvalue weighted by Gasteiger charge is 2.13. The highest BCUT2D eigenvalue weighted by molar-refractivity contribution is 7.17. The Balaban J connectivity index is 1.72. The second-order valence-electron chi connectivity index (χ2n) is 6.76. The quantitative estimate of drug-likeness (QED) is 0.656. The van der Waals surface area contributed by atoms with Gasteiger partial charge in [0, 0.05) is 52.4 Å². The molecule has 5 heteroatoms. The van der Waals surface area contributed by atoms with Crippen LogP contribution in [0.25, 0.3) is 21.5 Å². The van der Waals surface area contributed by atoms with Crippen LogP contribution < -0.4 is 5.32 Å². The largest absolute Gasteiger partial charge is 0.369 e. The zero-order valence-electron chi connectivity index (χ0n) is 15.4. The minimum Gasteiger partial charge on any atom is -0.369 e. The second-order valence-corrected chi connectivity index (χ2v) is 7.67. The van der Waals surface area contributed by atoms with E-state index in [4.69, 9.17) is 4.98 Å². The lowest BCUT2D eigenvalue weighted by molar-refractivity contribution is 0.182. The Morgan fingerprint density at radius 2 is 1.84 bits per heavy atom. The van der Waals surface area contributed by atoms with Crippen molar-refractivity contribution in [2.24, 2.45) is 0 Å². The van der Waals surface area contributed by atoms with Gasteiger partial charge in [-0.05, 0) is 39.8 Å². The van der Waals surface area contributed by atoms with Gasteiger partial charge < -0.3 is 5.32 Å². The third-order valence-electron chi connectivity index (χ3n) is 4.38. The van der Waals surface area contributed by atoms with Crippen LogP contribution in [0, 0.1) is 0 Å². The van der Waals surface area contributed by atoms with Crippen molar-refractivity contribution >= 4 is 27.2 Å². The number of nitrogens with zero attached hydrogens (tertiary/aromatic N) is 3. The zero-order valence-corrected chi connectivity index (χ0v) is 16.2. The predicted octanol–water partition coefficient (Wildman–Crippen LogP) is 4.89. The maximum absolute atomic E-state index is 4.72. The van der Waals surface area contributed by atoms with Crippen molar-refractivity contribution in [2.45, 2.75) is 39.8 Å². The molecular weight excluding hydrogens is 328 g/mol. The molecule has 0 spiro atoms. The summed E-state index contributed by atoms with van der Waals surface area (Å²) < 4.78 is 1.27. The summed E-state index contributed by atoms with van der Waals surface area (Å²) in [4.78, 5) is 11.7. The summed E-state index contributed by atoms with van der Waals surface area (Å²) >= 11 is 1.74. The summed E-state index contributed by atoms with van der Waals surface area (Å²) in [5, 5.41) is 6.81. The smallest absolute Gasteiger partial charge is 0.162 e. The summed E-state index contributed by atoms with van der Waals surface area (Å²) in [6.07, 6.45) is 1.83. The molecule has 0 fully saturated rings. The predicted molar refractivity (Wildman–Crippen MR) is 108 cm³/mol. The number of rotatable bonds is 7. The monoisotopic (exact) mass is 354 g/mol. The molecule has 0 atom stereocenters. The fraction of sp³-hybridized carbons (Fsp3) is 0.400. The van der Waals surface area contributed by atoms with E-state index in [-0.39, 0.29) is 0 Å².